The number of hydrogen-bond acceptors (Lipinski definition) is 5. The van der Waals surface area contributed by atoms with Crippen LogP contribution in [0.25, 0.3) is 0 Å². The number of ether oxygens (including phenoxy) is 1. The molecule has 2 aliphatic heterocycles. The molecule has 5 heteroatoms. The van der Waals surface area contributed by atoms with Gasteiger partial charge < -0.3 is 15.4 Å². The maximum absolute atomic E-state index is 6.00. The molecule has 0 aromatic carbocycles. The summed E-state index contributed by atoms with van der Waals surface area (Å²) in [7, 11) is 0. The average Bonchev–Trinajstić information content (AvgIpc) is 2.50. The number of aromatic nitrogens is 1. The van der Waals surface area contributed by atoms with Gasteiger partial charge in [0, 0.05) is 45.5 Å². The molecule has 1 atom stereocenters. The van der Waals surface area contributed by atoms with Crippen LogP contribution < -0.4 is 10.6 Å². The summed E-state index contributed by atoms with van der Waals surface area (Å²) in [5.41, 5.74) is 6.77. The van der Waals surface area contributed by atoms with Gasteiger partial charge in [-0.1, -0.05) is 0 Å². The summed E-state index contributed by atoms with van der Waals surface area (Å²) < 4.78 is 5.82. The summed E-state index contributed by atoms with van der Waals surface area (Å²) in [5, 5.41) is 0. The van der Waals surface area contributed by atoms with Crippen LogP contribution in [0.1, 0.15) is 19.3 Å². The summed E-state index contributed by atoms with van der Waals surface area (Å²) in [6, 6.07) is 3.81. The third kappa shape index (κ3) is 3.22. The predicted octanol–water partition coefficient (Wildman–Crippen LogP) is 1.35. The fourth-order valence-electron chi connectivity index (χ4n) is 3.06. The van der Waals surface area contributed by atoms with Gasteiger partial charge in [-0.25, -0.2) is 4.98 Å². The minimum Gasteiger partial charge on any atom is -0.396 e. The smallest absolute Gasteiger partial charge is 0.151 e. The van der Waals surface area contributed by atoms with E-state index in [2.05, 4.69) is 14.8 Å². The van der Waals surface area contributed by atoms with E-state index in [1.165, 1.54) is 19.3 Å². The van der Waals surface area contributed by atoms with E-state index in [4.69, 9.17) is 10.5 Å². The first-order valence-electron chi connectivity index (χ1n) is 7.62. The molecular weight excluding hydrogens is 252 g/mol. The molecule has 1 aromatic rings. The monoisotopic (exact) mass is 276 g/mol. The van der Waals surface area contributed by atoms with E-state index in [-0.39, 0.29) is 0 Å². The lowest BCUT2D eigenvalue weighted by Crippen LogP contribution is -2.49. The second-order valence-corrected chi connectivity index (χ2v) is 5.69. The van der Waals surface area contributed by atoms with Crippen LogP contribution in [-0.2, 0) is 4.74 Å². The largest absolute Gasteiger partial charge is 0.396 e. The zero-order chi connectivity index (χ0) is 13.8. The number of nitrogens with zero attached hydrogens (tertiary/aromatic N) is 3. The van der Waals surface area contributed by atoms with E-state index in [0.717, 1.165) is 50.8 Å². The number of nitrogen functional groups attached to an aromatic ring is 1. The Bertz CT molecular complexity index is 426. The van der Waals surface area contributed by atoms with Crippen LogP contribution in [0.5, 0.6) is 0 Å². The molecule has 0 amide bonds. The van der Waals surface area contributed by atoms with Crippen molar-refractivity contribution in [2.45, 2.75) is 25.4 Å². The molecule has 5 nitrogen and oxygen atoms in total. The average molecular weight is 276 g/mol. The number of pyridine rings is 1. The number of hydrogen-bond donors (Lipinski definition) is 1. The molecule has 2 fully saturated rings. The maximum atomic E-state index is 6.00. The van der Waals surface area contributed by atoms with Crippen molar-refractivity contribution in [3.63, 3.8) is 0 Å². The molecule has 0 aliphatic carbocycles. The molecule has 1 unspecified atom stereocenters. The SMILES string of the molecule is Nc1cccnc1N1CCN(CC2CCCCO2)CC1. The minimum absolute atomic E-state index is 0.440. The maximum Gasteiger partial charge on any atom is 0.151 e. The summed E-state index contributed by atoms with van der Waals surface area (Å²) in [6.45, 7) is 6.13. The Morgan fingerprint density at radius 3 is 2.80 bits per heavy atom. The number of nitrogens with two attached hydrogens (primary N) is 1. The Labute approximate surface area is 120 Å². The highest BCUT2D eigenvalue weighted by Gasteiger charge is 2.23. The van der Waals surface area contributed by atoms with Crippen molar-refractivity contribution >= 4 is 11.5 Å². The number of anilines is 2. The topological polar surface area (TPSA) is 54.6 Å². The van der Waals surface area contributed by atoms with Gasteiger partial charge in [-0.2, -0.15) is 0 Å². The zero-order valence-corrected chi connectivity index (χ0v) is 12.0. The van der Waals surface area contributed by atoms with Gasteiger partial charge in [0.1, 0.15) is 0 Å². The lowest BCUT2D eigenvalue weighted by atomic mass is 10.1. The Morgan fingerprint density at radius 2 is 2.10 bits per heavy atom. The van der Waals surface area contributed by atoms with Crippen molar-refractivity contribution in [1.82, 2.24) is 9.88 Å². The van der Waals surface area contributed by atoms with E-state index in [9.17, 15) is 0 Å². The number of rotatable bonds is 3. The van der Waals surface area contributed by atoms with Gasteiger partial charge in [0.05, 0.1) is 11.8 Å². The van der Waals surface area contributed by atoms with Crippen LogP contribution in [0.3, 0.4) is 0 Å². The van der Waals surface area contributed by atoms with Gasteiger partial charge >= 0.3 is 0 Å². The first kappa shape index (κ1) is 13.6. The van der Waals surface area contributed by atoms with Gasteiger partial charge in [-0.3, -0.25) is 4.90 Å². The molecule has 3 rings (SSSR count). The molecule has 3 heterocycles. The van der Waals surface area contributed by atoms with E-state index in [1.54, 1.807) is 0 Å². The molecule has 2 saturated heterocycles. The third-order valence-electron chi connectivity index (χ3n) is 4.22. The molecule has 0 spiro atoms. The van der Waals surface area contributed by atoms with E-state index >= 15 is 0 Å². The van der Waals surface area contributed by atoms with Crippen molar-refractivity contribution in [3.05, 3.63) is 18.3 Å². The molecule has 0 radical (unpaired) electrons. The normalized spacial score (nSPS) is 24.8. The second-order valence-electron chi connectivity index (χ2n) is 5.69. The van der Waals surface area contributed by atoms with Crippen molar-refractivity contribution in [1.29, 1.82) is 0 Å². The molecule has 1 aromatic heterocycles. The van der Waals surface area contributed by atoms with Gasteiger partial charge in [0.2, 0.25) is 0 Å². The number of piperazine rings is 1. The van der Waals surface area contributed by atoms with Crippen LogP contribution in [-0.4, -0.2) is 55.3 Å². The highest BCUT2D eigenvalue weighted by Crippen LogP contribution is 2.21. The highest BCUT2D eigenvalue weighted by atomic mass is 16.5. The fourth-order valence-corrected chi connectivity index (χ4v) is 3.06. The van der Waals surface area contributed by atoms with Crippen LogP contribution in [0.4, 0.5) is 11.5 Å². The van der Waals surface area contributed by atoms with Crippen molar-refractivity contribution in [2.24, 2.45) is 0 Å². The van der Waals surface area contributed by atoms with Crippen LogP contribution in [0.2, 0.25) is 0 Å². The summed E-state index contributed by atoms with van der Waals surface area (Å²) in [6.07, 6.45) is 6.01. The van der Waals surface area contributed by atoms with Crippen molar-refractivity contribution in [3.8, 4) is 0 Å². The van der Waals surface area contributed by atoms with E-state index in [1.807, 2.05) is 18.3 Å². The van der Waals surface area contributed by atoms with E-state index in [0.29, 0.717) is 6.10 Å². The Kier molecular flexibility index (Phi) is 4.38. The lowest BCUT2D eigenvalue weighted by Gasteiger charge is -2.37. The molecule has 110 valence electrons. The quantitative estimate of drug-likeness (QED) is 0.903. The van der Waals surface area contributed by atoms with Gasteiger partial charge in [-0.05, 0) is 31.4 Å². The lowest BCUT2D eigenvalue weighted by molar-refractivity contribution is -0.00646. The Hall–Kier alpha value is -1.33. The summed E-state index contributed by atoms with van der Waals surface area (Å²) in [5.74, 6) is 0.932. The molecule has 0 bridgehead atoms. The van der Waals surface area contributed by atoms with Crippen molar-refractivity contribution in [2.75, 3.05) is 50.0 Å². The molecule has 20 heavy (non-hydrogen) atoms. The first-order valence-corrected chi connectivity index (χ1v) is 7.62. The molecule has 0 saturated carbocycles. The summed E-state index contributed by atoms with van der Waals surface area (Å²) >= 11 is 0. The van der Waals surface area contributed by atoms with Crippen LogP contribution >= 0.6 is 0 Å². The van der Waals surface area contributed by atoms with Crippen LogP contribution in [0, 0.1) is 0 Å². The van der Waals surface area contributed by atoms with Gasteiger partial charge in [0.25, 0.3) is 0 Å². The predicted molar refractivity (Wildman–Crippen MR) is 80.9 cm³/mol. The van der Waals surface area contributed by atoms with E-state index < -0.39 is 0 Å². The molecular formula is C15H24N4O. The molecule has 2 N–H and O–H groups in total. The standard InChI is InChI=1S/C15H24N4O/c16-14-5-3-6-17-15(14)19-9-7-18(8-10-19)12-13-4-1-2-11-20-13/h3,5-6,13H,1-2,4,7-12,16H2. The molecule has 2 aliphatic rings. The zero-order valence-electron chi connectivity index (χ0n) is 12.0. The fraction of sp³-hybridized carbons (Fsp3) is 0.667. The van der Waals surface area contributed by atoms with Gasteiger partial charge in [-0.15, -0.1) is 0 Å². The van der Waals surface area contributed by atoms with Crippen LogP contribution in [0.15, 0.2) is 18.3 Å². The Morgan fingerprint density at radius 1 is 1.25 bits per heavy atom. The third-order valence-corrected chi connectivity index (χ3v) is 4.22. The van der Waals surface area contributed by atoms with Crippen molar-refractivity contribution < 1.29 is 4.74 Å². The highest BCUT2D eigenvalue weighted by molar-refractivity contribution is 5.62. The first-order chi connectivity index (χ1) is 9.83. The van der Waals surface area contributed by atoms with Gasteiger partial charge in [0.15, 0.2) is 5.82 Å². The Balaban J connectivity index is 1.50. The summed E-state index contributed by atoms with van der Waals surface area (Å²) in [4.78, 5) is 9.19. The second kappa shape index (κ2) is 6.41. The minimum atomic E-state index is 0.440.